The molecule has 0 saturated heterocycles. The van der Waals surface area contributed by atoms with Gasteiger partial charge in [-0.15, -0.1) is 11.3 Å². The first kappa shape index (κ1) is 15.4. The number of hydrogen-bond donors (Lipinski definition) is 2. The molecule has 2 N–H and O–H groups in total. The SMILES string of the molecule is Fc1ccc(NC(=S)NC2(c3cccs3)CCCC2)c(F)c1. The van der Waals surface area contributed by atoms with E-state index in [4.69, 9.17) is 12.2 Å². The van der Waals surface area contributed by atoms with Crippen LogP contribution in [-0.4, -0.2) is 5.11 Å². The molecule has 0 bridgehead atoms. The van der Waals surface area contributed by atoms with Crippen LogP contribution in [0.3, 0.4) is 0 Å². The third-order valence-electron chi connectivity index (χ3n) is 3.98. The quantitative estimate of drug-likeness (QED) is 0.788. The molecule has 1 aromatic carbocycles. The van der Waals surface area contributed by atoms with Gasteiger partial charge in [0, 0.05) is 10.9 Å². The first-order valence-electron chi connectivity index (χ1n) is 7.17. The molecule has 6 heteroatoms. The van der Waals surface area contributed by atoms with Gasteiger partial charge in [-0.1, -0.05) is 18.9 Å². The van der Waals surface area contributed by atoms with Crippen molar-refractivity contribution in [2.24, 2.45) is 0 Å². The van der Waals surface area contributed by atoms with Crippen molar-refractivity contribution in [2.75, 3.05) is 5.32 Å². The van der Waals surface area contributed by atoms with E-state index in [9.17, 15) is 8.78 Å². The van der Waals surface area contributed by atoms with Crippen LogP contribution >= 0.6 is 23.6 Å². The second-order valence-electron chi connectivity index (χ2n) is 5.47. The Bertz CT molecular complexity index is 665. The van der Waals surface area contributed by atoms with Crippen LogP contribution in [0.4, 0.5) is 14.5 Å². The number of anilines is 1. The molecule has 0 aliphatic heterocycles. The molecular formula is C16H16F2N2S2. The van der Waals surface area contributed by atoms with E-state index in [2.05, 4.69) is 16.7 Å². The molecule has 1 heterocycles. The van der Waals surface area contributed by atoms with E-state index in [-0.39, 0.29) is 11.2 Å². The first-order chi connectivity index (χ1) is 10.6. The van der Waals surface area contributed by atoms with Gasteiger partial charge < -0.3 is 10.6 Å². The maximum absolute atomic E-state index is 13.7. The smallest absolute Gasteiger partial charge is 0.171 e. The average molecular weight is 338 g/mol. The summed E-state index contributed by atoms with van der Waals surface area (Å²) in [5.74, 6) is -1.26. The van der Waals surface area contributed by atoms with Crippen molar-refractivity contribution in [1.82, 2.24) is 5.32 Å². The lowest BCUT2D eigenvalue weighted by Crippen LogP contribution is -2.45. The first-order valence-corrected chi connectivity index (χ1v) is 8.46. The van der Waals surface area contributed by atoms with Gasteiger partial charge in [0.25, 0.3) is 0 Å². The van der Waals surface area contributed by atoms with Crippen LogP contribution in [0.2, 0.25) is 0 Å². The largest absolute Gasteiger partial charge is 0.352 e. The van der Waals surface area contributed by atoms with Gasteiger partial charge in [-0.3, -0.25) is 0 Å². The van der Waals surface area contributed by atoms with Crippen LogP contribution in [0.25, 0.3) is 0 Å². The highest BCUT2D eigenvalue weighted by Crippen LogP contribution is 2.40. The predicted molar refractivity (Wildman–Crippen MR) is 90.2 cm³/mol. The maximum atomic E-state index is 13.7. The summed E-state index contributed by atoms with van der Waals surface area (Å²) in [5.41, 5.74) is 0.00704. The van der Waals surface area contributed by atoms with E-state index in [0.29, 0.717) is 5.11 Å². The average Bonchev–Trinajstić information content (AvgIpc) is 3.13. The number of halogens is 2. The zero-order chi connectivity index (χ0) is 15.6. The van der Waals surface area contributed by atoms with Crippen molar-refractivity contribution in [3.05, 3.63) is 52.2 Å². The number of benzene rings is 1. The standard InChI is InChI=1S/C16H16F2N2S2/c17-11-5-6-13(12(18)10-11)19-15(21)20-16(7-1-2-8-16)14-4-3-9-22-14/h3-6,9-10H,1-2,7-8H2,(H2,19,20,21). The third-order valence-corrected chi connectivity index (χ3v) is 5.26. The topological polar surface area (TPSA) is 24.1 Å². The predicted octanol–water partition coefficient (Wildman–Crippen LogP) is 4.78. The van der Waals surface area contributed by atoms with Crippen molar-refractivity contribution in [3.63, 3.8) is 0 Å². The molecule has 0 unspecified atom stereocenters. The van der Waals surface area contributed by atoms with Crippen molar-refractivity contribution in [1.29, 1.82) is 0 Å². The molecule has 1 fully saturated rings. The Morgan fingerprint density at radius 1 is 1.18 bits per heavy atom. The molecule has 1 aliphatic carbocycles. The molecule has 2 aromatic rings. The van der Waals surface area contributed by atoms with Gasteiger partial charge in [-0.05, 0) is 48.6 Å². The molecule has 0 radical (unpaired) electrons. The lowest BCUT2D eigenvalue weighted by Gasteiger charge is -2.31. The van der Waals surface area contributed by atoms with Gasteiger partial charge in [-0.25, -0.2) is 8.78 Å². The van der Waals surface area contributed by atoms with Crippen LogP contribution in [0, 0.1) is 11.6 Å². The van der Waals surface area contributed by atoms with Crippen LogP contribution in [0.1, 0.15) is 30.6 Å². The number of hydrogen-bond acceptors (Lipinski definition) is 2. The summed E-state index contributed by atoms with van der Waals surface area (Å²) in [4.78, 5) is 1.24. The number of rotatable bonds is 3. The Kier molecular flexibility index (Phi) is 4.40. The fraction of sp³-hybridized carbons (Fsp3) is 0.312. The summed E-state index contributed by atoms with van der Waals surface area (Å²) in [7, 11) is 0. The minimum atomic E-state index is -0.652. The highest BCUT2D eigenvalue weighted by molar-refractivity contribution is 7.80. The second kappa shape index (κ2) is 6.30. The summed E-state index contributed by atoms with van der Waals surface area (Å²) in [6, 6.07) is 7.53. The van der Waals surface area contributed by atoms with Crippen LogP contribution in [-0.2, 0) is 5.54 Å². The highest BCUT2D eigenvalue weighted by Gasteiger charge is 2.37. The third kappa shape index (κ3) is 3.13. The van der Waals surface area contributed by atoms with Crippen LogP contribution < -0.4 is 10.6 Å². The molecule has 1 saturated carbocycles. The lowest BCUT2D eigenvalue weighted by molar-refractivity contribution is 0.417. The number of thiocarbonyl (C=S) groups is 1. The zero-order valence-electron chi connectivity index (χ0n) is 11.9. The fourth-order valence-corrected chi connectivity index (χ4v) is 4.17. The normalized spacial score (nSPS) is 16.5. The van der Waals surface area contributed by atoms with E-state index < -0.39 is 11.6 Å². The van der Waals surface area contributed by atoms with Gasteiger partial charge in [0.15, 0.2) is 5.11 Å². The molecule has 116 valence electrons. The molecule has 0 spiro atoms. The van der Waals surface area contributed by atoms with Crippen LogP contribution in [0.5, 0.6) is 0 Å². The summed E-state index contributed by atoms with van der Waals surface area (Å²) in [6.45, 7) is 0. The van der Waals surface area contributed by atoms with E-state index in [1.807, 2.05) is 11.4 Å². The van der Waals surface area contributed by atoms with Gasteiger partial charge in [0.1, 0.15) is 11.6 Å². The maximum Gasteiger partial charge on any atom is 0.171 e. The van der Waals surface area contributed by atoms with Gasteiger partial charge >= 0.3 is 0 Å². The Balaban J connectivity index is 1.75. The Morgan fingerprint density at radius 2 is 1.95 bits per heavy atom. The Hall–Kier alpha value is -1.53. The minimum absolute atomic E-state index is 0.172. The van der Waals surface area contributed by atoms with Crippen molar-refractivity contribution < 1.29 is 8.78 Å². The van der Waals surface area contributed by atoms with Gasteiger partial charge in [0.05, 0.1) is 11.2 Å². The monoisotopic (exact) mass is 338 g/mol. The second-order valence-corrected chi connectivity index (χ2v) is 6.83. The van der Waals surface area contributed by atoms with E-state index in [0.717, 1.165) is 31.7 Å². The van der Waals surface area contributed by atoms with Gasteiger partial charge in [0.2, 0.25) is 0 Å². The van der Waals surface area contributed by atoms with E-state index >= 15 is 0 Å². The molecular weight excluding hydrogens is 322 g/mol. The highest BCUT2D eigenvalue weighted by atomic mass is 32.1. The molecule has 3 rings (SSSR count). The molecule has 1 aliphatic rings. The van der Waals surface area contributed by atoms with E-state index in [1.165, 1.54) is 17.0 Å². The zero-order valence-corrected chi connectivity index (χ0v) is 13.5. The van der Waals surface area contributed by atoms with Gasteiger partial charge in [-0.2, -0.15) is 0 Å². The van der Waals surface area contributed by atoms with Crippen molar-refractivity contribution >= 4 is 34.4 Å². The summed E-state index contributed by atoms with van der Waals surface area (Å²) in [5, 5.41) is 8.60. The summed E-state index contributed by atoms with van der Waals surface area (Å²) >= 11 is 7.03. The summed E-state index contributed by atoms with van der Waals surface area (Å²) < 4.78 is 26.6. The number of nitrogens with one attached hydrogen (secondary N) is 2. The van der Waals surface area contributed by atoms with E-state index in [1.54, 1.807) is 11.3 Å². The Labute approximate surface area is 137 Å². The van der Waals surface area contributed by atoms with Crippen LogP contribution in [0.15, 0.2) is 35.7 Å². The molecule has 1 aromatic heterocycles. The molecule has 2 nitrogen and oxygen atoms in total. The molecule has 0 amide bonds. The van der Waals surface area contributed by atoms with Crippen molar-refractivity contribution in [3.8, 4) is 0 Å². The Morgan fingerprint density at radius 3 is 2.59 bits per heavy atom. The lowest BCUT2D eigenvalue weighted by atomic mass is 9.96. The van der Waals surface area contributed by atoms with Crippen molar-refractivity contribution in [2.45, 2.75) is 31.2 Å². The summed E-state index contributed by atoms with van der Waals surface area (Å²) in [6.07, 6.45) is 4.28. The fourth-order valence-electron chi connectivity index (χ4n) is 2.92. The minimum Gasteiger partial charge on any atom is -0.352 e. The molecule has 22 heavy (non-hydrogen) atoms. The molecule has 0 atom stereocenters. The number of thiophene rings is 1.